The topological polar surface area (TPSA) is 20.2 Å². The standard InChI is InChI=1S/C16H17FO/c1-2-16(18,14-6-4-3-5-7-14)12-13-8-10-15(17)11-9-13/h3-11,18H,2,12H2,1H3/t16-/m0/s1. The predicted octanol–water partition coefficient (Wildman–Crippen LogP) is 3.67. The van der Waals surface area contributed by atoms with Crippen molar-refractivity contribution in [3.63, 3.8) is 0 Å². The number of rotatable bonds is 4. The van der Waals surface area contributed by atoms with Crippen molar-refractivity contribution in [1.29, 1.82) is 0 Å². The molecule has 0 radical (unpaired) electrons. The minimum absolute atomic E-state index is 0.251. The summed E-state index contributed by atoms with van der Waals surface area (Å²) in [7, 11) is 0. The third-order valence-electron chi connectivity index (χ3n) is 3.31. The Kier molecular flexibility index (Phi) is 3.78. The minimum atomic E-state index is -0.890. The number of hydrogen-bond acceptors (Lipinski definition) is 1. The lowest BCUT2D eigenvalue weighted by molar-refractivity contribution is 0.0327. The zero-order chi connectivity index (χ0) is 13.0. The van der Waals surface area contributed by atoms with Crippen LogP contribution in [0.1, 0.15) is 24.5 Å². The molecule has 0 saturated carbocycles. The van der Waals surface area contributed by atoms with Crippen molar-refractivity contribution in [3.8, 4) is 0 Å². The molecule has 18 heavy (non-hydrogen) atoms. The molecule has 2 aromatic carbocycles. The summed E-state index contributed by atoms with van der Waals surface area (Å²) in [5, 5.41) is 10.7. The molecule has 0 heterocycles. The minimum Gasteiger partial charge on any atom is -0.385 e. The van der Waals surface area contributed by atoms with Crippen LogP contribution in [0.2, 0.25) is 0 Å². The second kappa shape index (κ2) is 5.32. The Hall–Kier alpha value is -1.67. The average Bonchev–Trinajstić information content (AvgIpc) is 2.42. The smallest absolute Gasteiger partial charge is 0.123 e. The summed E-state index contributed by atoms with van der Waals surface area (Å²) in [6.07, 6.45) is 1.11. The Morgan fingerprint density at radius 3 is 2.17 bits per heavy atom. The van der Waals surface area contributed by atoms with Crippen molar-refractivity contribution >= 4 is 0 Å². The molecule has 0 aliphatic heterocycles. The van der Waals surface area contributed by atoms with Gasteiger partial charge < -0.3 is 5.11 Å². The van der Waals surface area contributed by atoms with Crippen LogP contribution in [0.4, 0.5) is 4.39 Å². The molecule has 1 N–H and O–H groups in total. The second-order valence-corrected chi connectivity index (χ2v) is 4.55. The molecule has 0 fully saturated rings. The molecule has 0 saturated heterocycles. The van der Waals surface area contributed by atoms with Gasteiger partial charge in [0.25, 0.3) is 0 Å². The monoisotopic (exact) mass is 244 g/mol. The van der Waals surface area contributed by atoms with Gasteiger partial charge >= 0.3 is 0 Å². The van der Waals surface area contributed by atoms with Gasteiger partial charge in [-0.25, -0.2) is 4.39 Å². The van der Waals surface area contributed by atoms with Crippen molar-refractivity contribution < 1.29 is 9.50 Å². The van der Waals surface area contributed by atoms with Gasteiger partial charge in [0.2, 0.25) is 0 Å². The van der Waals surface area contributed by atoms with Gasteiger partial charge in [0, 0.05) is 6.42 Å². The van der Waals surface area contributed by atoms with Crippen molar-refractivity contribution in [2.24, 2.45) is 0 Å². The molecule has 0 bridgehead atoms. The van der Waals surface area contributed by atoms with E-state index in [0.29, 0.717) is 12.8 Å². The van der Waals surface area contributed by atoms with Gasteiger partial charge in [0.15, 0.2) is 0 Å². The highest BCUT2D eigenvalue weighted by molar-refractivity contribution is 5.26. The zero-order valence-corrected chi connectivity index (χ0v) is 10.4. The summed E-state index contributed by atoms with van der Waals surface area (Å²) < 4.78 is 12.9. The Balaban J connectivity index is 2.26. The molecular weight excluding hydrogens is 227 g/mol. The van der Waals surface area contributed by atoms with E-state index in [9.17, 15) is 9.50 Å². The first-order valence-electron chi connectivity index (χ1n) is 6.16. The van der Waals surface area contributed by atoms with Crippen molar-refractivity contribution in [3.05, 3.63) is 71.5 Å². The van der Waals surface area contributed by atoms with Crippen LogP contribution in [0.15, 0.2) is 54.6 Å². The van der Waals surface area contributed by atoms with E-state index in [1.54, 1.807) is 12.1 Å². The largest absolute Gasteiger partial charge is 0.385 e. The van der Waals surface area contributed by atoms with E-state index in [-0.39, 0.29) is 5.82 Å². The number of benzene rings is 2. The first-order valence-corrected chi connectivity index (χ1v) is 6.16. The molecule has 0 aliphatic rings. The summed E-state index contributed by atoms with van der Waals surface area (Å²) >= 11 is 0. The zero-order valence-electron chi connectivity index (χ0n) is 10.4. The van der Waals surface area contributed by atoms with Crippen LogP contribution in [0.25, 0.3) is 0 Å². The summed E-state index contributed by atoms with van der Waals surface area (Å²) in [5.41, 5.74) is 0.945. The fourth-order valence-electron chi connectivity index (χ4n) is 2.12. The number of halogens is 1. The molecule has 0 aliphatic carbocycles. The first kappa shape index (κ1) is 12.8. The van der Waals surface area contributed by atoms with E-state index in [0.717, 1.165) is 11.1 Å². The number of hydrogen-bond donors (Lipinski definition) is 1. The molecule has 0 unspecified atom stereocenters. The van der Waals surface area contributed by atoms with Crippen LogP contribution in [0.3, 0.4) is 0 Å². The van der Waals surface area contributed by atoms with Gasteiger partial charge in [-0.2, -0.15) is 0 Å². The van der Waals surface area contributed by atoms with E-state index < -0.39 is 5.60 Å². The van der Waals surface area contributed by atoms with E-state index in [4.69, 9.17) is 0 Å². The van der Waals surface area contributed by atoms with Crippen LogP contribution in [0.5, 0.6) is 0 Å². The summed E-state index contributed by atoms with van der Waals surface area (Å²) in [5.74, 6) is -0.251. The highest BCUT2D eigenvalue weighted by Crippen LogP contribution is 2.29. The van der Waals surface area contributed by atoms with Crippen LogP contribution < -0.4 is 0 Å². The van der Waals surface area contributed by atoms with Crippen molar-refractivity contribution in [2.75, 3.05) is 0 Å². The SMILES string of the molecule is CC[C@](O)(Cc1ccc(F)cc1)c1ccccc1. The first-order chi connectivity index (χ1) is 8.64. The van der Waals surface area contributed by atoms with Gasteiger partial charge in [-0.05, 0) is 29.7 Å². The third-order valence-corrected chi connectivity index (χ3v) is 3.31. The van der Waals surface area contributed by atoms with Crippen LogP contribution in [-0.2, 0) is 12.0 Å². The summed E-state index contributed by atoms with van der Waals surface area (Å²) in [6, 6.07) is 15.9. The fourth-order valence-corrected chi connectivity index (χ4v) is 2.12. The van der Waals surface area contributed by atoms with E-state index >= 15 is 0 Å². The van der Waals surface area contributed by atoms with Gasteiger partial charge in [0.1, 0.15) is 5.82 Å². The second-order valence-electron chi connectivity index (χ2n) is 4.55. The molecule has 2 heteroatoms. The molecule has 94 valence electrons. The average molecular weight is 244 g/mol. The lowest BCUT2D eigenvalue weighted by Crippen LogP contribution is -2.27. The van der Waals surface area contributed by atoms with E-state index in [1.807, 2.05) is 37.3 Å². The molecule has 2 rings (SSSR count). The Bertz CT molecular complexity index is 492. The quantitative estimate of drug-likeness (QED) is 0.870. The van der Waals surface area contributed by atoms with E-state index in [1.165, 1.54) is 12.1 Å². The van der Waals surface area contributed by atoms with Crippen molar-refractivity contribution in [1.82, 2.24) is 0 Å². The van der Waals surface area contributed by atoms with Crippen LogP contribution in [0, 0.1) is 5.82 Å². The van der Waals surface area contributed by atoms with Gasteiger partial charge in [-0.3, -0.25) is 0 Å². The molecule has 0 spiro atoms. The van der Waals surface area contributed by atoms with Gasteiger partial charge in [-0.1, -0.05) is 49.4 Å². The highest BCUT2D eigenvalue weighted by atomic mass is 19.1. The lowest BCUT2D eigenvalue weighted by atomic mass is 9.85. The van der Waals surface area contributed by atoms with E-state index in [2.05, 4.69) is 0 Å². The lowest BCUT2D eigenvalue weighted by Gasteiger charge is -2.27. The van der Waals surface area contributed by atoms with Gasteiger partial charge in [-0.15, -0.1) is 0 Å². The molecular formula is C16H17FO. The molecule has 2 aromatic rings. The summed E-state index contributed by atoms with van der Waals surface area (Å²) in [6.45, 7) is 1.95. The maximum absolute atomic E-state index is 12.9. The highest BCUT2D eigenvalue weighted by Gasteiger charge is 2.27. The Morgan fingerprint density at radius 1 is 1.00 bits per heavy atom. The molecule has 0 aromatic heterocycles. The maximum atomic E-state index is 12.9. The van der Waals surface area contributed by atoms with Crippen molar-refractivity contribution in [2.45, 2.75) is 25.4 Å². The third kappa shape index (κ3) is 2.77. The normalized spacial score (nSPS) is 14.2. The Labute approximate surface area is 107 Å². The van der Waals surface area contributed by atoms with Gasteiger partial charge in [0.05, 0.1) is 5.60 Å². The summed E-state index contributed by atoms with van der Waals surface area (Å²) in [4.78, 5) is 0. The molecule has 1 nitrogen and oxygen atoms in total. The maximum Gasteiger partial charge on any atom is 0.123 e. The fraction of sp³-hybridized carbons (Fsp3) is 0.250. The predicted molar refractivity (Wildman–Crippen MR) is 70.7 cm³/mol. The van der Waals surface area contributed by atoms with Crippen LogP contribution >= 0.6 is 0 Å². The molecule has 0 amide bonds. The molecule has 1 atom stereocenters. The Morgan fingerprint density at radius 2 is 1.61 bits per heavy atom. The number of aliphatic hydroxyl groups is 1. The van der Waals surface area contributed by atoms with Crippen LogP contribution in [-0.4, -0.2) is 5.11 Å².